The van der Waals surface area contributed by atoms with Gasteiger partial charge in [0.05, 0.1) is 24.8 Å². The van der Waals surface area contributed by atoms with Crippen molar-refractivity contribution in [3.8, 4) is 0 Å². The van der Waals surface area contributed by atoms with Crippen molar-refractivity contribution in [1.82, 2.24) is 14.9 Å². The number of aryl methyl sites for hydroxylation is 1. The van der Waals surface area contributed by atoms with Crippen LogP contribution < -0.4 is 5.32 Å². The fourth-order valence-electron chi connectivity index (χ4n) is 3.58. The number of ether oxygens (including phenoxy) is 1. The number of aliphatic hydroxyl groups is 1. The van der Waals surface area contributed by atoms with Crippen LogP contribution in [0, 0.1) is 6.92 Å². The predicted molar refractivity (Wildman–Crippen MR) is 94.3 cm³/mol. The van der Waals surface area contributed by atoms with E-state index >= 15 is 0 Å². The van der Waals surface area contributed by atoms with Crippen molar-refractivity contribution < 1.29 is 14.6 Å². The Hall–Kier alpha value is -2.18. The standard InChI is InChI=1S/C19H25N3O3/c1-13-20-9-10-22(13)17-8-4-7-16(18(17)23)21-19(24)15-6-3-5-14(11-15)12-25-2/h3,5-6,9-11,16-18,23H,4,7-8,12H2,1-2H3,(H,21,24)/t16-,17-,18-/m1/s1. The van der Waals surface area contributed by atoms with Gasteiger partial charge in [0.1, 0.15) is 5.82 Å². The molecule has 1 aliphatic carbocycles. The number of imidazole rings is 1. The Morgan fingerprint density at radius 2 is 2.28 bits per heavy atom. The number of carbonyl (C=O) groups excluding carboxylic acids is 1. The maximum atomic E-state index is 12.6. The highest BCUT2D eigenvalue weighted by molar-refractivity contribution is 5.94. The van der Waals surface area contributed by atoms with Crippen molar-refractivity contribution in [3.63, 3.8) is 0 Å². The zero-order chi connectivity index (χ0) is 17.8. The molecule has 0 bridgehead atoms. The largest absolute Gasteiger partial charge is 0.389 e. The maximum absolute atomic E-state index is 12.6. The van der Waals surface area contributed by atoms with Crippen LogP contribution in [-0.2, 0) is 11.3 Å². The Balaban J connectivity index is 1.70. The summed E-state index contributed by atoms with van der Waals surface area (Å²) in [6, 6.07) is 7.05. The Labute approximate surface area is 147 Å². The first kappa shape index (κ1) is 17.6. The quantitative estimate of drug-likeness (QED) is 0.873. The Kier molecular flexibility index (Phi) is 5.50. The second-order valence-corrected chi connectivity index (χ2v) is 6.58. The van der Waals surface area contributed by atoms with Crippen molar-refractivity contribution in [2.75, 3.05) is 7.11 Å². The Morgan fingerprint density at radius 1 is 1.44 bits per heavy atom. The van der Waals surface area contributed by atoms with Crippen molar-refractivity contribution in [2.24, 2.45) is 0 Å². The van der Waals surface area contributed by atoms with Gasteiger partial charge in [-0.25, -0.2) is 4.98 Å². The molecule has 3 rings (SSSR count). The SMILES string of the molecule is COCc1cccc(C(=O)N[C@@H]2CCC[C@@H](n3ccnc3C)[C@@H]2O)c1. The minimum Gasteiger partial charge on any atom is -0.389 e. The van der Waals surface area contributed by atoms with E-state index in [1.165, 1.54) is 0 Å². The summed E-state index contributed by atoms with van der Waals surface area (Å²) in [5.74, 6) is 0.716. The van der Waals surface area contributed by atoms with Crippen molar-refractivity contribution in [2.45, 2.75) is 51.0 Å². The number of aliphatic hydroxyl groups excluding tert-OH is 1. The van der Waals surface area contributed by atoms with Gasteiger partial charge in [0.15, 0.2) is 0 Å². The van der Waals surface area contributed by atoms with Crippen LogP contribution in [0.1, 0.15) is 47.1 Å². The zero-order valence-electron chi connectivity index (χ0n) is 14.7. The average molecular weight is 343 g/mol. The van der Waals surface area contributed by atoms with Crippen LogP contribution in [0.15, 0.2) is 36.7 Å². The molecule has 2 N–H and O–H groups in total. The van der Waals surface area contributed by atoms with Crippen molar-refractivity contribution in [1.29, 1.82) is 0 Å². The van der Waals surface area contributed by atoms with Crippen LogP contribution >= 0.6 is 0 Å². The monoisotopic (exact) mass is 343 g/mol. The lowest BCUT2D eigenvalue weighted by atomic mass is 9.87. The van der Waals surface area contributed by atoms with Crippen LogP contribution in [0.2, 0.25) is 0 Å². The van der Waals surface area contributed by atoms with Gasteiger partial charge < -0.3 is 19.7 Å². The maximum Gasteiger partial charge on any atom is 0.251 e. The minimum absolute atomic E-state index is 0.0543. The summed E-state index contributed by atoms with van der Waals surface area (Å²) in [7, 11) is 1.63. The lowest BCUT2D eigenvalue weighted by Gasteiger charge is -2.36. The molecule has 1 saturated carbocycles. The second kappa shape index (κ2) is 7.80. The van der Waals surface area contributed by atoms with E-state index in [4.69, 9.17) is 4.74 Å². The summed E-state index contributed by atoms with van der Waals surface area (Å²) in [6.45, 7) is 2.39. The molecule has 3 atom stereocenters. The molecule has 1 heterocycles. The van der Waals surface area contributed by atoms with Gasteiger partial charge in [0.2, 0.25) is 0 Å². The van der Waals surface area contributed by atoms with Gasteiger partial charge >= 0.3 is 0 Å². The number of methoxy groups -OCH3 is 1. The summed E-state index contributed by atoms with van der Waals surface area (Å²) in [4.78, 5) is 16.8. The molecule has 134 valence electrons. The van der Waals surface area contributed by atoms with E-state index in [1.807, 2.05) is 35.9 Å². The smallest absolute Gasteiger partial charge is 0.251 e. The molecule has 1 amide bonds. The van der Waals surface area contributed by atoms with Crippen LogP contribution in [0.3, 0.4) is 0 Å². The number of nitrogens with zero attached hydrogens (tertiary/aromatic N) is 2. The molecule has 1 aromatic carbocycles. The van der Waals surface area contributed by atoms with E-state index in [0.29, 0.717) is 12.2 Å². The summed E-state index contributed by atoms with van der Waals surface area (Å²) in [5.41, 5.74) is 1.54. The Morgan fingerprint density at radius 3 is 3.00 bits per heavy atom. The topological polar surface area (TPSA) is 76.4 Å². The highest BCUT2D eigenvalue weighted by Crippen LogP contribution is 2.30. The fraction of sp³-hybridized carbons (Fsp3) is 0.474. The lowest BCUT2D eigenvalue weighted by Crippen LogP contribution is -2.49. The van der Waals surface area contributed by atoms with Gasteiger partial charge in [0, 0.05) is 25.1 Å². The van der Waals surface area contributed by atoms with E-state index < -0.39 is 6.10 Å². The molecule has 1 aromatic heterocycles. The zero-order valence-corrected chi connectivity index (χ0v) is 14.7. The van der Waals surface area contributed by atoms with Gasteiger partial charge in [-0.3, -0.25) is 4.79 Å². The van der Waals surface area contributed by atoms with E-state index in [0.717, 1.165) is 30.7 Å². The van der Waals surface area contributed by atoms with Crippen molar-refractivity contribution in [3.05, 3.63) is 53.6 Å². The second-order valence-electron chi connectivity index (χ2n) is 6.58. The molecule has 0 aliphatic heterocycles. The molecule has 2 aromatic rings. The normalized spacial score (nSPS) is 23.4. The molecule has 0 spiro atoms. The summed E-state index contributed by atoms with van der Waals surface area (Å²) >= 11 is 0. The third kappa shape index (κ3) is 3.91. The van der Waals surface area contributed by atoms with Gasteiger partial charge in [-0.2, -0.15) is 0 Å². The van der Waals surface area contributed by atoms with Crippen LogP contribution in [0.5, 0.6) is 0 Å². The highest BCUT2D eigenvalue weighted by Gasteiger charge is 2.34. The number of hydrogen-bond donors (Lipinski definition) is 2. The van der Waals surface area contributed by atoms with E-state index in [9.17, 15) is 9.90 Å². The fourth-order valence-corrected chi connectivity index (χ4v) is 3.58. The predicted octanol–water partition coefficient (Wildman–Crippen LogP) is 2.22. The third-order valence-corrected chi connectivity index (χ3v) is 4.86. The highest BCUT2D eigenvalue weighted by atomic mass is 16.5. The number of carbonyl (C=O) groups is 1. The molecule has 0 saturated heterocycles. The van der Waals surface area contributed by atoms with Crippen molar-refractivity contribution >= 4 is 5.91 Å². The van der Waals surface area contributed by atoms with Gasteiger partial charge in [-0.1, -0.05) is 12.1 Å². The van der Waals surface area contributed by atoms with E-state index in [-0.39, 0.29) is 18.0 Å². The van der Waals surface area contributed by atoms with Gasteiger partial charge in [-0.15, -0.1) is 0 Å². The first-order chi connectivity index (χ1) is 12.1. The van der Waals surface area contributed by atoms with E-state index in [1.54, 1.807) is 19.4 Å². The molecule has 6 heteroatoms. The molecule has 25 heavy (non-hydrogen) atoms. The molecule has 1 aliphatic rings. The molecular weight excluding hydrogens is 318 g/mol. The molecule has 0 unspecified atom stereocenters. The summed E-state index contributed by atoms with van der Waals surface area (Å²) in [5, 5.41) is 13.8. The summed E-state index contributed by atoms with van der Waals surface area (Å²) in [6.07, 6.45) is 5.61. The average Bonchev–Trinajstić information content (AvgIpc) is 3.03. The third-order valence-electron chi connectivity index (χ3n) is 4.86. The van der Waals surface area contributed by atoms with E-state index in [2.05, 4.69) is 10.3 Å². The van der Waals surface area contributed by atoms with Crippen LogP contribution in [0.4, 0.5) is 0 Å². The molecular formula is C19H25N3O3. The number of aromatic nitrogens is 2. The molecule has 1 fully saturated rings. The first-order valence-electron chi connectivity index (χ1n) is 8.66. The van der Waals surface area contributed by atoms with Crippen LogP contribution in [0.25, 0.3) is 0 Å². The van der Waals surface area contributed by atoms with Gasteiger partial charge in [0.25, 0.3) is 5.91 Å². The first-order valence-corrected chi connectivity index (χ1v) is 8.66. The van der Waals surface area contributed by atoms with Gasteiger partial charge in [-0.05, 0) is 43.9 Å². The number of hydrogen-bond acceptors (Lipinski definition) is 4. The number of rotatable bonds is 5. The number of benzene rings is 1. The Bertz CT molecular complexity index is 728. The number of amides is 1. The minimum atomic E-state index is -0.632. The molecule has 0 radical (unpaired) electrons. The summed E-state index contributed by atoms with van der Waals surface area (Å²) < 4.78 is 7.12. The molecule has 6 nitrogen and oxygen atoms in total. The number of nitrogens with one attached hydrogen (secondary N) is 1. The van der Waals surface area contributed by atoms with Crippen LogP contribution in [-0.4, -0.2) is 39.8 Å². The lowest BCUT2D eigenvalue weighted by molar-refractivity contribution is 0.0392.